The predicted molar refractivity (Wildman–Crippen MR) is 66.7 cm³/mol. The molecule has 2 amide bonds. The monoisotopic (exact) mass is 258 g/mol. The van der Waals surface area contributed by atoms with E-state index < -0.39 is 11.9 Å². The van der Waals surface area contributed by atoms with Gasteiger partial charge in [-0.1, -0.05) is 13.8 Å². The molecule has 0 radical (unpaired) electrons. The number of rotatable bonds is 7. The van der Waals surface area contributed by atoms with Gasteiger partial charge in [-0.25, -0.2) is 0 Å². The molecule has 0 spiro atoms. The topological polar surface area (TPSA) is 84.5 Å². The molecule has 18 heavy (non-hydrogen) atoms. The standard InChI is InChI=1S/C12H22N2O4/c1-8(2)5-9(12(17)18-4)6-10(15)14-7-11(16)13-3/h8-9H,5-7H2,1-4H3,(H,13,16)(H,14,15). The lowest BCUT2D eigenvalue weighted by Gasteiger charge is -2.16. The Morgan fingerprint density at radius 3 is 2.22 bits per heavy atom. The second kappa shape index (κ2) is 8.49. The summed E-state index contributed by atoms with van der Waals surface area (Å²) in [4.78, 5) is 34.0. The number of hydrogen-bond acceptors (Lipinski definition) is 4. The van der Waals surface area contributed by atoms with Crippen LogP contribution in [0.4, 0.5) is 0 Å². The highest BCUT2D eigenvalue weighted by Gasteiger charge is 2.23. The smallest absolute Gasteiger partial charge is 0.309 e. The number of methoxy groups -OCH3 is 1. The molecular weight excluding hydrogens is 236 g/mol. The van der Waals surface area contributed by atoms with Gasteiger partial charge >= 0.3 is 5.97 Å². The number of likely N-dealkylation sites (N-methyl/N-ethyl adjacent to an activating group) is 1. The van der Waals surface area contributed by atoms with Crippen LogP contribution in [0.15, 0.2) is 0 Å². The lowest BCUT2D eigenvalue weighted by molar-refractivity contribution is -0.148. The Morgan fingerprint density at radius 2 is 1.78 bits per heavy atom. The van der Waals surface area contributed by atoms with Crippen molar-refractivity contribution in [2.45, 2.75) is 26.7 Å². The zero-order valence-electron chi connectivity index (χ0n) is 11.4. The molecule has 0 aromatic rings. The van der Waals surface area contributed by atoms with Crippen LogP contribution in [0.5, 0.6) is 0 Å². The fourth-order valence-corrected chi connectivity index (χ4v) is 1.56. The molecule has 0 heterocycles. The Bertz CT molecular complexity index is 302. The fourth-order valence-electron chi connectivity index (χ4n) is 1.56. The van der Waals surface area contributed by atoms with E-state index in [2.05, 4.69) is 15.4 Å². The van der Waals surface area contributed by atoms with Crippen molar-refractivity contribution in [3.05, 3.63) is 0 Å². The zero-order valence-corrected chi connectivity index (χ0v) is 11.4. The van der Waals surface area contributed by atoms with Gasteiger partial charge in [0.15, 0.2) is 0 Å². The maximum atomic E-state index is 11.6. The minimum atomic E-state index is -0.459. The van der Waals surface area contributed by atoms with Crippen molar-refractivity contribution in [1.29, 1.82) is 0 Å². The summed E-state index contributed by atoms with van der Waals surface area (Å²) < 4.78 is 4.66. The minimum absolute atomic E-state index is 0.0435. The molecule has 0 aromatic carbocycles. The summed E-state index contributed by atoms with van der Waals surface area (Å²) in [7, 11) is 2.79. The van der Waals surface area contributed by atoms with Crippen LogP contribution in [0.1, 0.15) is 26.7 Å². The molecular formula is C12H22N2O4. The van der Waals surface area contributed by atoms with Crippen LogP contribution in [-0.4, -0.2) is 38.5 Å². The van der Waals surface area contributed by atoms with Gasteiger partial charge in [0.05, 0.1) is 19.6 Å². The van der Waals surface area contributed by atoms with Crippen molar-refractivity contribution in [1.82, 2.24) is 10.6 Å². The van der Waals surface area contributed by atoms with Gasteiger partial charge in [-0.2, -0.15) is 0 Å². The number of nitrogens with one attached hydrogen (secondary N) is 2. The van der Waals surface area contributed by atoms with Crippen molar-refractivity contribution in [2.24, 2.45) is 11.8 Å². The van der Waals surface area contributed by atoms with E-state index in [0.717, 1.165) is 0 Å². The maximum absolute atomic E-state index is 11.6. The first-order valence-corrected chi connectivity index (χ1v) is 5.95. The highest BCUT2D eigenvalue weighted by molar-refractivity contribution is 5.87. The van der Waals surface area contributed by atoms with Crippen LogP contribution in [0.2, 0.25) is 0 Å². The number of ether oxygens (including phenoxy) is 1. The van der Waals surface area contributed by atoms with Crippen molar-refractivity contribution in [3.63, 3.8) is 0 Å². The molecule has 0 aromatic heterocycles. The summed E-state index contributed by atoms with van der Waals surface area (Å²) in [5, 5.41) is 4.85. The molecule has 0 bridgehead atoms. The van der Waals surface area contributed by atoms with E-state index in [-0.39, 0.29) is 24.8 Å². The molecule has 104 valence electrons. The number of hydrogen-bond donors (Lipinski definition) is 2. The molecule has 6 nitrogen and oxygen atoms in total. The van der Waals surface area contributed by atoms with Crippen molar-refractivity contribution in [2.75, 3.05) is 20.7 Å². The van der Waals surface area contributed by atoms with Crippen molar-refractivity contribution in [3.8, 4) is 0 Å². The molecule has 0 aliphatic carbocycles. The molecule has 6 heteroatoms. The van der Waals surface area contributed by atoms with Gasteiger partial charge in [-0.3, -0.25) is 14.4 Å². The van der Waals surface area contributed by atoms with Gasteiger partial charge in [0.25, 0.3) is 0 Å². The van der Waals surface area contributed by atoms with E-state index in [1.807, 2.05) is 13.8 Å². The Kier molecular flexibility index (Phi) is 7.74. The summed E-state index contributed by atoms with van der Waals surface area (Å²) in [6, 6.07) is 0. The van der Waals surface area contributed by atoms with Crippen LogP contribution in [-0.2, 0) is 19.1 Å². The summed E-state index contributed by atoms with van der Waals surface area (Å²) in [5.74, 6) is -1.16. The van der Waals surface area contributed by atoms with Crippen molar-refractivity contribution >= 4 is 17.8 Å². The van der Waals surface area contributed by atoms with Crippen LogP contribution in [0.25, 0.3) is 0 Å². The highest BCUT2D eigenvalue weighted by Crippen LogP contribution is 2.16. The third-order valence-corrected chi connectivity index (χ3v) is 2.45. The minimum Gasteiger partial charge on any atom is -0.469 e. The van der Waals surface area contributed by atoms with E-state index in [0.29, 0.717) is 12.3 Å². The van der Waals surface area contributed by atoms with Gasteiger partial charge in [-0.15, -0.1) is 0 Å². The first-order valence-electron chi connectivity index (χ1n) is 5.95. The summed E-state index contributed by atoms with van der Waals surface area (Å²) >= 11 is 0. The van der Waals surface area contributed by atoms with Crippen molar-refractivity contribution < 1.29 is 19.1 Å². The molecule has 0 rings (SSSR count). The number of carbonyl (C=O) groups is 3. The Hall–Kier alpha value is -1.59. The zero-order chi connectivity index (χ0) is 14.1. The number of amides is 2. The average Bonchev–Trinajstić information content (AvgIpc) is 2.33. The van der Waals surface area contributed by atoms with Gasteiger partial charge in [-0.05, 0) is 12.3 Å². The van der Waals surface area contributed by atoms with E-state index in [1.165, 1.54) is 14.2 Å². The van der Waals surface area contributed by atoms with Gasteiger partial charge < -0.3 is 15.4 Å². The molecule has 0 fully saturated rings. The molecule has 2 N–H and O–H groups in total. The van der Waals surface area contributed by atoms with Crippen LogP contribution in [0, 0.1) is 11.8 Å². The maximum Gasteiger partial charge on any atom is 0.309 e. The molecule has 1 unspecified atom stereocenters. The van der Waals surface area contributed by atoms with E-state index in [1.54, 1.807) is 0 Å². The fraction of sp³-hybridized carbons (Fsp3) is 0.750. The Labute approximate surface area is 107 Å². The van der Waals surface area contributed by atoms with E-state index in [9.17, 15) is 14.4 Å². The Morgan fingerprint density at radius 1 is 1.17 bits per heavy atom. The van der Waals surface area contributed by atoms with E-state index in [4.69, 9.17) is 0 Å². The first-order chi connectivity index (χ1) is 8.40. The second-order valence-electron chi connectivity index (χ2n) is 4.50. The molecule has 0 saturated carbocycles. The Balaban J connectivity index is 4.26. The second-order valence-corrected chi connectivity index (χ2v) is 4.50. The van der Waals surface area contributed by atoms with Gasteiger partial charge in [0, 0.05) is 13.5 Å². The third-order valence-electron chi connectivity index (χ3n) is 2.45. The van der Waals surface area contributed by atoms with Gasteiger partial charge in [0.2, 0.25) is 11.8 Å². The lowest BCUT2D eigenvalue weighted by Crippen LogP contribution is -2.37. The largest absolute Gasteiger partial charge is 0.469 e. The lowest BCUT2D eigenvalue weighted by atomic mass is 9.94. The quantitative estimate of drug-likeness (QED) is 0.633. The van der Waals surface area contributed by atoms with E-state index >= 15 is 0 Å². The molecule has 0 saturated heterocycles. The van der Waals surface area contributed by atoms with Gasteiger partial charge in [0.1, 0.15) is 0 Å². The van der Waals surface area contributed by atoms with Crippen LogP contribution in [0.3, 0.4) is 0 Å². The van der Waals surface area contributed by atoms with Crippen LogP contribution >= 0.6 is 0 Å². The predicted octanol–water partition coefficient (Wildman–Crippen LogP) is 0.0740. The normalized spacial score (nSPS) is 11.8. The average molecular weight is 258 g/mol. The molecule has 0 aliphatic heterocycles. The number of esters is 1. The summed E-state index contributed by atoms with van der Waals surface area (Å²) in [6.07, 6.45) is 0.627. The highest BCUT2D eigenvalue weighted by atomic mass is 16.5. The van der Waals surface area contributed by atoms with Crippen LogP contribution < -0.4 is 10.6 Å². The number of carbonyl (C=O) groups excluding carboxylic acids is 3. The molecule has 0 aliphatic rings. The summed E-state index contributed by atoms with van der Waals surface area (Å²) in [5.41, 5.74) is 0. The SMILES string of the molecule is CNC(=O)CNC(=O)CC(CC(C)C)C(=O)OC. The summed E-state index contributed by atoms with van der Waals surface area (Å²) in [6.45, 7) is 3.86. The third kappa shape index (κ3) is 6.88. The first kappa shape index (κ1) is 16.4. The molecule has 1 atom stereocenters.